The second kappa shape index (κ2) is 6.04. The van der Waals surface area contributed by atoms with Gasteiger partial charge in [0.1, 0.15) is 0 Å². The Hall–Kier alpha value is -2.74. The fourth-order valence-electron chi connectivity index (χ4n) is 3.48. The fraction of sp³-hybridized carbons (Fsp3) is 0.182. The Balaban J connectivity index is 2.26. The van der Waals surface area contributed by atoms with Crippen molar-refractivity contribution in [2.24, 2.45) is 0 Å². The van der Waals surface area contributed by atoms with Crippen molar-refractivity contribution >= 4 is 11.4 Å². The van der Waals surface area contributed by atoms with Gasteiger partial charge in [-0.15, -0.1) is 0 Å². The molecule has 0 atom stereocenters. The molecule has 0 saturated carbocycles. The molecule has 4 N–H and O–H groups in total. The molecule has 0 spiro atoms. The maximum atomic E-state index is 5.84. The van der Waals surface area contributed by atoms with Gasteiger partial charge in [0.05, 0.1) is 0 Å². The van der Waals surface area contributed by atoms with Gasteiger partial charge < -0.3 is 11.5 Å². The van der Waals surface area contributed by atoms with Crippen molar-refractivity contribution in [1.82, 2.24) is 0 Å². The average molecular weight is 316 g/mol. The SMILES string of the molecule is Cc1c(C)c(-c2ccc(N)cc2)c(C)c(C)c1-c1ccc(N)cc1. The van der Waals surface area contributed by atoms with Gasteiger partial charge in [-0.3, -0.25) is 0 Å². The van der Waals surface area contributed by atoms with Crippen LogP contribution in [0.2, 0.25) is 0 Å². The molecule has 3 aromatic carbocycles. The lowest BCUT2D eigenvalue weighted by atomic mass is 9.83. The molecule has 2 nitrogen and oxygen atoms in total. The minimum absolute atomic E-state index is 0.793. The third-order valence-electron chi connectivity index (χ3n) is 5.02. The van der Waals surface area contributed by atoms with Crippen molar-refractivity contribution in [1.29, 1.82) is 0 Å². The van der Waals surface area contributed by atoms with Crippen LogP contribution in [-0.2, 0) is 0 Å². The predicted octanol–water partition coefficient (Wildman–Crippen LogP) is 5.42. The summed E-state index contributed by atoms with van der Waals surface area (Å²) >= 11 is 0. The molecule has 3 rings (SSSR count). The Kier molecular flexibility index (Phi) is 4.06. The molecule has 0 aliphatic rings. The molecule has 0 saturated heterocycles. The molecule has 0 unspecified atom stereocenters. The van der Waals surface area contributed by atoms with Gasteiger partial charge in [0.25, 0.3) is 0 Å². The molecule has 0 aromatic heterocycles. The van der Waals surface area contributed by atoms with Crippen LogP contribution in [0, 0.1) is 27.7 Å². The van der Waals surface area contributed by atoms with Crippen molar-refractivity contribution in [2.75, 3.05) is 11.5 Å². The van der Waals surface area contributed by atoms with Crippen LogP contribution in [0.3, 0.4) is 0 Å². The molecule has 2 heteroatoms. The zero-order valence-electron chi connectivity index (χ0n) is 14.8. The van der Waals surface area contributed by atoms with Crippen LogP contribution in [0.25, 0.3) is 22.3 Å². The highest BCUT2D eigenvalue weighted by atomic mass is 14.5. The second-order valence-electron chi connectivity index (χ2n) is 6.49. The zero-order valence-corrected chi connectivity index (χ0v) is 14.8. The minimum Gasteiger partial charge on any atom is -0.399 e. The van der Waals surface area contributed by atoms with Crippen molar-refractivity contribution < 1.29 is 0 Å². The van der Waals surface area contributed by atoms with E-state index in [-0.39, 0.29) is 0 Å². The quantitative estimate of drug-likeness (QED) is 0.620. The maximum Gasteiger partial charge on any atom is 0.0314 e. The average Bonchev–Trinajstić information content (AvgIpc) is 2.57. The first-order chi connectivity index (χ1) is 11.4. The largest absolute Gasteiger partial charge is 0.399 e. The number of hydrogen-bond acceptors (Lipinski definition) is 2. The Morgan fingerprint density at radius 1 is 0.458 bits per heavy atom. The summed E-state index contributed by atoms with van der Waals surface area (Å²) in [5.41, 5.74) is 23.6. The van der Waals surface area contributed by atoms with Gasteiger partial charge in [-0.1, -0.05) is 24.3 Å². The number of nitrogen functional groups attached to an aromatic ring is 2. The summed E-state index contributed by atoms with van der Waals surface area (Å²) in [7, 11) is 0. The number of hydrogen-bond donors (Lipinski definition) is 2. The summed E-state index contributed by atoms with van der Waals surface area (Å²) in [6.45, 7) is 8.81. The second-order valence-corrected chi connectivity index (χ2v) is 6.49. The first kappa shape index (κ1) is 16.1. The highest BCUT2D eigenvalue weighted by Gasteiger charge is 2.17. The number of anilines is 2. The monoisotopic (exact) mass is 316 g/mol. The molecule has 0 aliphatic heterocycles. The van der Waals surface area contributed by atoms with Crippen LogP contribution >= 0.6 is 0 Å². The normalized spacial score (nSPS) is 10.8. The van der Waals surface area contributed by atoms with E-state index in [0.717, 1.165) is 11.4 Å². The first-order valence-electron chi connectivity index (χ1n) is 8.22. The summed E-state index contributed by atoms with van der Waals surface area (Å²) in [4.78, 5) is 0. The van der Waals surface area contributed by atoms with Gasteiger partial charge in [-0.2, -0.15) is 0 Å². The molecule has 0 aliphatic carbocycles. The van der Waals surface area contributed by atoms with Crippen LogP contribution < -0.4 is 11.5 Å². The van der Waals surface area contributed by atoms with E-state index in [1.165, 1.54) is 44.5 Å². The molecule has 0 bridgehead atoms. The Morgan fingerprint density at radius 3 is 0.958 bits per heavy atom. The first-order valence-corrected chi connectivity index (χ1v) is 8.22. The summed E-state index contributed by atoms with van der Waals surface area (Å²) in [6, 6.07) is 16.3. The third kappa shape index (κ3) is 2.65. The standard InChI is InChI=1S/C22H24N2/c1-13-14(2)22(18-7-11-20(24)12-8-18)16(4)15(3)21(13)17-5-9-19(23)10-6-17/h5-12H,23-24H2,1-4H3. The molecule has 0 heterocycles. The Morgan fingerprint density at radius 2 is 0.708 bits per heavy atom. The van der Waals surface area contributed by atoms with Crippen LogP contribution in [0.15, 0.2) is 48.5 Å². The smallest absolute Gasteiger partial charge is 0.0314 e. The number of nitrogens with two attached hydrogens (primary N) is 2. The Bertz CT molecular complexity index is 783. The molecular formula is C22H24N2. The van der Waals surface area contributed by atoms with Crippen molar-refractivity contribution in [2.45, 2.75) is 27.7 Å². The highest BCUT2D eigenvalue weighted by Crippen LogP contribution is 2.39. The topological polar surface area (TPSA) is 52.0 Å². The van der Waals surface area contributed by atoms with Crippen molar-refractivity contribution in [3.63, 3.8) is 0 Å². The molecule has 122 valence electrons. The third-order valence-corrected chi connectivity index (χ3v) is 5.02. The molecule has 0 amide bonds. The highest BCUT2D eigenvalue weighted by molar-refractivity contribution is 5.83. The van der Waals surface area contributed by atoms with Gasteiger partial charge >= 0.3 is 0 Å². The van der Waals surface area contributed by atoms with Crippen LogP contribution in [0.4, 0.5) is 11.4 Å². The predicted molar refractivity (Wildman–Crippen MR) is 105 cm³/mol. The summed E-state index contributed by atoms with van der Waals surface area (Å²) in [5.74, 6) is 0. The van der Waals surface area contributed by atoms with Crippen molar-refractivity contribution in [3.05, 3.63) is 70.8 Å². The number of benzene rings is 3. The van der Waals surface area contributed by atoms with Crippen LogP contribution in [-0.4, -0.2) is 0 Å². The van der Waals surface area contributed by atoms with Gasteiger partial charge in [0, 0.05) is 11.4 Å². The summed E-state index contributed by atoms with van der Waals surface area (Å²) in [6.07, 6.45) is 0. The fourth-order valence-corrected chi connectivity index (χ4v) is 3.48. The van der Waals surface area contributed by atoms with E-state index in [0.29, 0.717) is 0 Å². The summed E-state index contributed by atoms with van der Waals surface area (Å²) in [5, 5.41) is 0. The minimum atomic E-state index is 0.793. The molecular weight excluding hydrogens is 292 g/mol. The Labute approximate surface area is 144 Å². The molecule has 24 heavy (non-hydrogen) atoms. The van der Waals surface area contributed by atoms with E-state index in [1.807, 2.05) is 24.3 Å². The lowest BCUT2D eigenvalue weighted by Gasteiger charge is -2.21. The van der Waals surface area contributed by atoms with E-state index in [2.05, 4.69) is 52.0 Å². The molecule has 0 fully saturated rings. The van der Waals surface area contributed by atoms with Gasteiger partial charge in [-0.25, -0.2) is 0 Å². The van der Waals surface area contributed by atoms with E-state index < -0.39 is 0 Å². The van der Waals surface area contributed by atoms with E-state index in [9.17, 15) is 0 Å². The van der Waals surface area contributed by atoms with Crippen molar-refractivity contribution in [3.8, 4) is 22.3 Å². The van der Waals surface area contributed by atoms with E-state index in [4.69, 9.17) is 11.5 Å². The van der Waals surface area contributed by atoms with Gasteiger partial charge in [-0.05, 0) is 96.5 Å². The zero-order chi connectivity index (χ0) is 17.4. The van der Waals surface area contributed by atoms with Crippen LogP contribution in [0.1, 0.15) is 22.3 Å². The lowest BCUT2D eigenvalue weighted by Crippen LogP contribution is -2.00. The van der Waals surface area contributed by atoms with E-state index in [1.54, 1.807) is 0 Å². The van der Waals surface area contributed by atoms with Gasteiger partial charge in [0.2, 0.25) is 0 Å². The van der Waals surface area contributed by atoms with Crippen LogP contribution in [0.5, 0.6) is 0 Å². The molecule has 0 radical (unpaired) electrons. The van der Waals surface area contributed by atoms with Gasteiger partial charge in [0.15, 0.2) is 0 Å². The lowest BCUT2D eigenvalue weighted by molar-refractivity contribution is 1.25. The van der Waals surface area contributed by atoms with E-state index >= 15 is 0 Å². The molecule has 3 aromatic rings. The summed E-state index contributed by atoms with van der Waals surface area (Å²) < 4.78 is 0. The maximum absolute atomic E-state index is 5.84. The number of rotatable bonds is 2.